The lowest BCUT2D eigenvalue weighted by atomic mass is 10.5. The van der Waals surface area contributed by atoms with Crippen LogP contribution in [-0.4, -0.2) is 26.1 Å². The lowest BCUT2D eigenvalue weighted by Gasteiger charge is -1.87. The van der Waals surface area contributed by atoms with Gasteiger partial charge in [-0.05, 0) is 6.92 Å². The summed E-state index contributed by atoms with van der Waals surface area (Å²) in [6, 6.07) is 0. The third-order valence-electron chi connectivity index (χ3n) is 0.672. The molecule has 0 bridgehead atoms. The van der Waals surface area contributed by atoms with Crippen LogP contribution in [0.5, 0.6) is 0 Å². The first kappa shape index (κ1) is 8.14. The molecule has 52 valence electrons. The fourth-order valence-electron chi connectivity index (χ4n) is 0.323. The zero-order valence-corrected chi connectivity index (χ0v) is 5.87. The van der Waals surface area contributed by atoms with Gasteiger partial charge in [0.05, 0.1) is 0 Å². The summed E-state index contributed by atoms with van der Waals surface area (Å²) in [5.41, 5.74) is 0. The summed E-state index contributed by atoms with van der Waals surface area (Å²) < 4.78 is 0. The van der Waals surface area contributed by atoms with Crippen molar-refractivity contribution in [3.05, 3.63) is 0 Å². The molecule has 0 fully saturated rings. The van der Waals surface area contributed by atoms with Crippen molar-refractivity contribution >= 4 is 12.4 Å². The van der Waals surface area contributed by atoms with Crippen LogP contribution < -0.4 is 0 Å². The van der Waals surface area contributed by atoms with E-state index in [0.717, 1.165) is 6.42 Å². The molecular formula is C6H12N2O. The second kappa shape index (κ2) is 7.14. The lowest BCUT2D eigenvalue weighted by molar-refractivity contribution is 0.160. The van der Waals surface area contributed by atoms with Crippen LogP contribution in [0, 0.1) is 0 Å². The number of nitrogens with zero attached hydrogens (tertiary/aromatic N) is 2. The standard InChI is InChI=1S/C6H12N2O/c1-3-9-8-6-4-5-7-2/h5-6H,3-4H2,1-2H3/b7-5?,8-6-. The molecule has 0 spiro atoms. The number of oxime groups is 1. The predicted molar refractivity (Wildman–Crippen MR) is 39.2 cm³/mol. The van der Waals surface area contributed by atoms with Gasteiger partial charge in [-0.15, -0.1) is 0 Å². The second-order valence-corrected chi connectivity index (χ2v) is 1.38. The van der Waals surface area contributed by atoms with Crippen LogP contribution in [0.25, 0.3) is 0 Å². The van der Waals surface area contributed by atoms with Crippen LogP contribution in [-0.2, 0) is 4.84 Å². The first-order valence-corrected chi connectivity index (χ1v) is 2.96. The van der Waals surface area contributed by atoms with E-state index in [9.17, 15) is 0 Å². The molecule has 0 saturated heterocycles. The SMILES string of the molecule is CCO/N=C\CC=NC. The number of hydrogen-bond acceptors (Lipinski definition) is 3. The summed E-state index contributed by atoms with van der Waals surface area (Å²) in [4.78, 5) is 8.45. The Morgan fingerprint density at radius 1 is 1.44 bits per heavy atom. The van der Waals surface area contributed by atoms with Gasteiger partial charge in [0.15, 0.2) is 0 Å². The molecule has 0 aliphatic carbocycles. The fourth-order valence-corrected chi connectivity index (χ4v) is 0.323. The van der Waals surface area contributed by atoms with E-state index in [1.54, 1.807) is 19.5 Å². The first-order chi connectivity index (χ1) is 4.41. The number of rotatable bonds is 4. The fraction of sp³-hybridized carbons (Fsp3) is 0.667. The van der Waals surface area contributed by atoms with Crippen LogP contribution in [0.1, 0.15) is 13.3 Å². The monoisotopic (exact) mass is 128 g/mol. The zero-order chi connectivity index (χ0) is 6.95. The molecule has 9 heavy (non-hydrogen) atoms. The molecule has 0 aromatic rings. The van der Waals surface area contributed by atoms with Gasteiger partial charge in [-0.2, -0.15) is 0 Å². The minimum Gasteiger partial charge on any atom is -0.396 e. The van der Waals surface area contributed by atoms with Crippen molar-refractivity contribution in [2.75, 3.05) is 13.7 Å². The van der Waals surface area contributed by atoms with Gasteiger partial charge in [-0.25, -0.2) is 0 Å². The summed E-state index contributed by atoms with van der Waals surface area (Å²) in [6.07, 6.45) is 4.19. The van der Waals surface area contributed by atoms with Gasteiger partial charge in [0.1, 0.15) is 6.61 Å². The van der Waals surface area contributed by atoms with E-state index >= 15 is 0 Å². The molecule has 0 aromatic carbocycles. The first-order valence-electron chi connectivity index (χ1n) is 2.96. The van der Waals surface area contributed by atoms with Gasteiger partial charge in [-0.1, -0.05) is 5.16 Å². The maximum Gasteiger partial charge on any atom is 0.114 e. The Bertz CT molecular complexity index is 99.2. The van der Waals surface area contributed by atoms with Crippen LogP contribution in [0.4, 0.5) is 0 Å². The van der Waals surface area contributed by atoms with Crippen LogP contribution in [0.15, 0.2) is 10.1 Å². The van der Waals surface area contributed by atoms with Crippen LogP contribution >= 0.6 is 0 Å². The van der Waals surface area contributed by atoms with Crippen LogP contribution in [0.3, 0.4) is 0 Å². The van der Waals surface area contributed by atoms with E-state index in [2.05, 4.69) is 15.0 Å². The largest absolute Gasteiger partial charge is 0.396 e. The quantitative estimate of drug-likeness (QED) is 0.412. The Labute approximate surface area is 55.4 Å². The van der Waals surface area contributed by atoms with Crippen molar-refractivity contribution in [1.29, 1.82) is 0 Å². The molecule has 0 unspecified atom stereocenters. The topological polar surface area (TPSA) is 34.0 Å². The maximum atomic E-state index is 4.69. The molecule has 0 amide bonds. The van der Waals surface area contributed by atoms with Crippen molar-refractivity contribution < 1.29 is 4.84 Å². The molecule has 0 rings (SSSR count). The summed E-state index contributed by atoms with van der Waals surface area (Å²) in [5.74, 6) is 0. The van der Waals surface area contributed by atoms with E-state index in [0.29, 0.717) is 6.61 Å². The van der Waals surface area contributed by atoms with Gasteiger partial charge in [0, 0.05) is 25.9 Å². The lowest BCUT2D eigenvalue weighted by Crippen LogP contribution is -1.81. The molecule has 0 aliphatic heterocycles. The van der Waals surface area contributed by atoms with Gasteiger partial charge < -0.3 is 9.83 Å². The highest BCUT2D eigenvalue weighted by Crippen LogP contribution is 1.73. The Morgan fingerprint density at radius 3 is 2.78 bits per heavy atom. The molecule has 0 saturated carbocycles. The maximum absolute atomic E-state index is 4.69. The molecule has 3 heteroatoms. The van der Waals surface area contributed by atoms with Crippen molar-refractivity contribution in [2.45, 2.75) is 13.3 Å². The van der Waals surface area contributed by atoms with Crippen LogP contribution in [0.2, 0.25) is 0 Å². The molecule has 0 aromatic heterocycles. The zero-order valence-electron chi connectivity index (χ0n) is 5.87. The highest BCUT2D eigenvalue weighted by molar-refractivity contribution is 5.78. The van der Waals surface area contributed by atoms with E-state index in [-0.39, 0.29) is 0 Å². The molecular weight excluding hydrogens is 116 g/mol. The molecule has 0 aliphatic rings. The van der Waals surface area contributed by atoms with Crippen molar-refractivity contribution in [2.24, 2.45) is 10.1 Å². The summed E-state index contributed by atoms with van der Waals surface area (Å²) >= 11 is 0. The van der Waals surface area contributed by atoms with E-state index in [1.165, 1.54) is 0 Å². The third-order valence-corrected chi connectivity index (χ3v) is 0.672. The normalized spacial score (nSPS) is 11.3. The average molecular weight is 128 g/mol. The second-order valence-electron chi connectivity index (χ2n) is 1.38. The number of hydrogen-bond donors (Lipinski definition) is 0. The van der Waals surface area contributed by atoms with Gasteiger partial charge >= 0.3 is 0 Å². The van der Waals surface area contributed by atoms with Gasteiger partial charge in [-0.3, -0.25) is 0 Å². The summed E-state index contributed by atoms with van der Waals surface area (Å²) in [5, 5.41) is 3.61. The van der Waals surface area contributed by atoms with Crippen molar-refractivity contribution in [3.63, 3.8) is 0 Å². The summed E-state index contributed by atoms with van der Waals surface area (Å²) in [7, 11) is 1.73. The van der Waals surface area contributed by atoms with Gasteiger partial charge in [0.2, 0.25) is 0 Å². The minimum atomic E-state index is 0.625. The van der Waals surface area contributed by atoms with Crippen molar-refractivity contribution in [1.82, 2.24) is 0 Å². The highest BCUT2D eigenvalue weighted by Gasteiger charge is 1.70. The molecule has 0 N–H and O–H groups in total. The van der Waals surface area contributed by atoms with E-state index in [1.807, 2.05) is 6.92 Å². The van der Waals surface area contributed by atoms with Crippen molar-refractivity contribution in [3.8, 4) is 0 Å². The Morgan fingerprint density at radius 2 is 2.22 bits per heavy atom. The Balaban J connectivity index is 3.04. The molecule has 0 atom stereocenters. The Kier molecular flexibility index (Phi) is 6.46. The minimum absolute atomic E-state index is 0.625. The highest BCUT2D eigenvalue weighted by atomic mass is 16.6. The molecule has 0 radical (unpaired) electrons. The summed E-state index contributed by atoms with van der Waals surface area (Å²) in [6.45, 7) is 2.52. The third kappa shape index (κ3) is 7.14. The predicted octanol–water partition coefficient (Wildman–Crippen LogP) is 1.10. The van der Waals surface area contributed by atoms with E-state index < -0.39 is 0 Å². The van der Waals surface area contributed by atoms with E-state index in [4.69, 9.17) is 0 Å². The van der Waals surface area contributed by atoms with Gasteiger partial charge in [0.25, 0.3) is 0 Å². The Hall–Kier alpha value is -0.860. The molecule has 0 heterocycles. The average Bonchev–Trinajstić information content (AvgIpc) is 1.89. The smallest absolute Gasteiger partial charge is 0.114 e. The molecule has 3 nitrogen and oxygen atoms in total. The number of aliphatic imine (C=N–C) groups is 1.